The van der Waals surface area contributed by atoms with E-state index < -0.39 is 22.8 Å². The van der Waals surface area contributed by atoms with E-state index in [4.69, 9.17) is 16.3 Å². The number of hydrogen-bond acceptors (Lipinski definition) is 5. The molecule has 8 atom stereocenters. The minimum Gasteiger partial charge on any atom is -0.481 e. The Morgan fingerprint density at radius 1 is 0.911 bits per heavy atom. The van der Waals surface area contributed by atoms with Crippen LogP contribution in [0.25, 0.3) is 0 Å². The largest absolute Gasteiger partial charge is 0.481 e. The number of carbonyl (C=O) groups excluding carboxylic acids is 3. The summed E-state index contributed by atoms with van der Waals surface area (Å²) in [6, 6.07) is 7.80. The van der Waals surface area contributed by atoms with Gasteiger partial charge in [-0.15, -0.1) is 0 Å². The molecule has 5 fully saturated rings. The van der Waals surface area contributed by atoms with E-state index in [-0.39, 0.29) is 63.2 Å². The molecule has 7 nitrogen and oxygen atoms in total. The van der Waals surface area contributed by atoms with E-state index in [0.29, 0.717) is 28.9 Å². The number of rotatable bonds is 9. The van der Waals surface area contributed by atoms with Crippen molar-refractivity contribution in [3.63, 3.8) is 0 Å². The summed E-state index contributed by atoms with van der Waals surface area (Å²) in [5.41, 5.74) is 2.00. The van der Waals surface area contributed by atoms with Crippen LogP contribution >= 0.6 is 11.6 Å². The highest BCUT2D eigenvalue weighted by Crippen LogP contribution is 2.77. The molecule has 306 valence electrons. The quantitative estimate of drug-likeness (QED) is 0.190. The van der Waals surface area contributed by atoms with Crippen LogP contribution in [0.4, 0.5) is 0 Å². The molecule has 0 radical (unpaired) electrons. The first kappa shape index (κ1) is 41.2. The van der Waals surface area contributed by atoms with Gasteiger partial charge in [0.25, 0.3) is 0 Å². The number of carbonyl (C=O) groups is 4. The van der Waals surface area contributed by atoms with Crippen molar-refractivity contribution in [1.29, 1.82) is 0 Å². The molecule has 7 rings (SSSR count). The number of esters is 1. The standard InChI is InChI=1S/C48H66ClNO6/c1-28(2)38-33(51)26-47(25-29(3)40(53)50-48(23-24-48)30-11-13-31(49)14-12-30)22-21-45(9)32(39(38)47)15-16-35-44(8)19-18-36(56-37(52)27-42(4,5)41(54)55)43(6,7)34(44)17-20-46(35,45)10/h11-14,25,28,32,34-36H,15-24,26-27H2,1-10H3,(H,50,53)(H,54,55). The van der Waals surface area contributed by atoms with Crippen LogP contribution in [-0.4, -0.2) is 34.8 Å². The Hall–Kier alpha value is -2.93. The minimum absolute atomic E-state index is 0.0139. The van der Waals surface area contributed by atoms with Gasteiger partial charge in [0.05, 0.1) is 17.4 Å². The zero-order chi connectivity index (χ0) is 41.0. The summed E-state index contributed by atoms with van der Waals surface area (Å²) in [6.07, 6.45) is 11.9. The second kappa shape index (κ2) is 13.6. The Morgan fingerprint density at radius 3 is 2.18 bits per heavy atom. The molecule has 6 aliphatic rings. The lowest BCUT2D eigenvalue weighted by atomic mass is 9.33. The van der Waals surface area contributed by atoms with Crippen LogP contribution in [0.2, 0.25) is 5.02 Å². The number of benzene rings is 1. The molecule has 1 amide bonds. The third-order valence-electron chi connectivity index (χ3n) is 17.2. The van der Waals surface area contributed by atoms with Crippen molar-refractivity contribution in [2.75, 3.05) is 0 Å². The normalized spacial score (nSPS) is 37.2. The van der Waals surface area contributed by atoms with Crippen LogP contribution in [0, 0.1) is 56.2 Å². The fourth-order valence-electron chi connectivity index (χ4n) is 13.8. The van der Waals surface area contributed by atoms with E-state index in [2.05, 4.69) is 59.9 Å². The summed E-state index contributed by atoms with van der Waals surface area (Å²) >= 11 is 6.18. The summed E-state index contributed by atoms with van der Waals surface area (Å²) < 4.78 is 6.18. The van der Waals surface area contributed by atoms with Gasteiger partial charge in [0.1, 0.15) is 6.10 Å². The Balaban J connectivity index is 1.16. The van der Waals surface area contributed by atoms with Gasteiger partial charge < -0.3 is 15.2 Å². The number of ketones is 1. The van der Waals surface area contributed by atoms with Crippen LogP contribution in [0.15, 0.2) is 47.1 Å². The maximum atomic E-state index is 14.2. The number of Topliss-reactive ketones (excluding diaryl/α,β-unsaturated/α-hetero) is 1. The number of carboxylic acids is 1. The highest BCUT2D eigenvalue weighted by Gasteiger charge is 2.70. The summed E-state index contributed by atoms with van der Waals surface area (Å²) in [6.45, 7) is 21.6. The average molecular weight is 789 g/mol. The Kier molecular flexibility index (Phi) is 9.99. The van der Waals surface area contributed by atoms with Gasteiger partial charge in [-0.3, -0.25) is 19.2 Å². The second-order valence-electron chi connectivity index (χ2n) is 21.4. The molecular weight excluding hydrogens is 722 g/mol. The zero-order valence-corrected chi connectivity index (χ0v) is 36.4. The third kappa shape index (κ3) is 6.25. The first-order valence-corrected chi connectivity index (χ1v) is 21.8. The maximum Gasteiger partial charge on any atom is 0.309 e. The summed E-state index contributed by atoms with van der Waals surface area (Å²) in [5, 5.41) is 13.7. The molecule has 56 heavy (non-hydrogen) atoms. The molecule has 1 aromatic carbocycles. The fourth-order valence-corrected chi connectivity index (χ4v) is 14.0. The van der Waals surface area contributed by atoms with Gasteiger partial charge in [-0.05, 0) is 154 Å². The molecule has 0 spiro atoms. The lowest BCUT2D eigenvalue weighted by Crippen LogP contribution is -2.65. The number of halogens is 1. The SMILES string of the molecule is CC(=CC12CCC3(C)C(CCC4C5(C)CCC(OC(=O)CC(C)(C)C(=O)O)C(C)(C)C5CCC43C)C1=C(C(C)C)C(=O)C2)C(=O)NC1(c2ccc(Cl)cc2)CC1. The number of hydrogen-bond donors (Lipinski definition) is 2. The van der Waals surface area contributed by atoms with Crippen molar-refractivity contribution in [1.82, 2.24) is 5.32 Å². The lowest BCUT2D eigenvalue weighted by molar-refractivity contribution is -0.232. The number of nitrogens with one attached hydrogen (secondary N) is 1. The zero-order valence-electron chi connectivity index (χ0n) is 35.6. The van der Waals surface area contributed by atoms with E-state index in [1.54, 1.807) is 13.8 Å². The van der Waals surface area contributed by atoms with Gasteiger partial charge in [0, 0.05) is 27.8 Å². The highest BCUT2D eigenvalue weighted by atomic mass is 35.5. The molecule has 0 heterocycles. The van der Waals surface area contributed by atoms with Crippen molar-refractivity contribution >= 4 is 35.2 Å². The van der Waals surface area contributed by atoms with E-state index in [1.807, 2.05) is 31.2 Å². The monoisotopic (exact) mass is 787 g/mol. The Bertz CT molecular complexity index is 1890. The molecule has 6 aliphatic carbocycles. The number of amides is 1. The van der Waals surface area contributed by atoms with Gasteiger partial charge in [0.15, 0.2) is 5.78 Å². The number of carboxylic acid groups (broad SMARTS) is 1. The first-order valence-electron chi connectivity index (χ1n) is 21.5. The molecule has 2 N–H and O–H groups in total. The third-order valence-corrected chi connectivity index (χ3v) is 17.5. The van der Waals surface area contributed by atoms with Crippen LogP contribution in [0.1, 0.15) is 152 Å². The van der Waals surface area contributed by atoms with Crippen molar-refractivity contribution in [3.8, 4) is 0 Å². The topological polar surface area (TPSA) is 110 Å². The predicted octanol–water partition coefficient (Wildman–Crippen LogP) is 10.8. The number of ether oxygens (including phenoxy) is 1. The van der Waals surface area contributed by atoms with Gasteiger partial charge in [-0.2, -0.15) is 0 Å². The Morgan fingerprint density at radius 2 is 1.57 bits per heavy atom. The average Bonchev–Trinajstić information content (AvgIpc) is 3.81. The van der Waals surface area contributed by atoms with E-state index in [9.17, 15) is 24.3 Å². The van der Waals surface area contributed by atoms with Gasteiger partial charge in [-0.25, -0.2) is 0 Å². The van der Waals surface area contributed by atoms with Crippen molar-refractivity contribution < 1.29 is 29.0 Å². The molecule has 0 aliphatic heterocycles. The van der Waals surface area contributed by atoms with Crippen LogP contribution < -0.4 is 5.32 Å². The molecular formula is C48H66ClNO6. The molecule has 1 aromatic rings. The van der Waals surface area contributed by atoms with Crippen molar-refractivity contribution in [3.05, 3.63) is 57.6 Å². The van der Waals surface area contributed by atoms with E-state index in [1.165, 1.54) is 5.57 Å². The van der Waals surface area contributed by atoms with Crippen LogP contribution in [0.5, 0.6) is 0 Å². The maximum absolute atomic E-state index is 14.2. The number of allylic oxidation sites excluding steroid dienone is 3. The number of fused-ring (bicyclic) bond motifs is 7. The summed E-state index contributed by atoms with van der Waals surface area (Å²) in [4.78, 5) is 53.1. The molecule has 8 heteroatoms. The van der Waals surface area contributed by atoms with Crippen molar-refractivity contribution in [2.24, 2.45) is 56.2 Å². The Labute approximate surface area is 340 Å². The molecule has 5 saturated carbocycles. The van der Waals surface area contributed by atoms with E-state index in [0.717, 1.165) is 75.3 Å². The summed E-state index contributed by atoms with van der Waals surface area (Å²) in [5.74, 6) is 0.00816. The fraction of sp³-hybridized carbons (Fsp3) is 0.708. The predicted molar refractivity (Wildman–Crippen MR) is 220 cm³/mol. The minimum atomic E-state index is -1.17. The molecule has 0 bridgehead atoms. The molecule has 0 saturated heterocycles. The van der Waals surface area contributed by atoms with Gasteiger partial charge in [0.2, 0.25) is 5.91 Å². The van der Waals surface area contributed by atoms with Gasteiger partial charge >= 0.3 is 11.9 Å². The lowest BCUT2D eigenvalue weighted by Gasteiger charge is -2.72. The second-order valence-corrected chi connectivity index (χ2v) is 21.9. The summed E-state index contributed by atoms with van der Waals surface area (Å²) in [7, 11) is 0. The highest BCUT2D eigenvalue weighted by molar-refractivity contribution is 6.30. The molecule has 0 aromatic heterocycles. The van der Waals surface area contributed by atoms with E-state index >= 15 is 0 Å². The van der Waals surface area contributed by atoms with Crippen LogP contribution in [0.3, 0.4) is 0 Å². The van der Waals surface area contributed by atoms with Crippen LogP contribution in [-0.2, 0) is 29.5 Å². The first-order chi connectivity index (χ1) is 26.0. The van der Waals surface area contributed by atoms with Gasteiger partial charge in [-0.1, -0.05) is 78.3 Å². The molecule has 8 unspecified atom stereocenters. The van der Waals surface area contributed by atoms with Crippen molar-refractivity contribution in [2.45, 2.75) is 158 Å². The smallest absolute Gasteiger partial charge is 0.309 e. The number of aliphatic carboxylic acids is 1.